The van der Waals surface area contributed by atoms with Gasteiger partial charge in [0.25, 0.3) is 0 Å². The number of anilines is 1. The van der Waals surface area contributed by atoms with E-state index in [9.17, 15) is 18.0 Å². The van der Waals surface area contributed by atoms with Crippen LogP contribution in [-0.2, 0) is 4.79 Å². The number of para-hydroxylation sites is 1. The number of alkyl halides is 3. The number of hydrogen-bond acceptors (Lipinski definition) is 4. The Morgan fingerprint density at radius 3 is 2.59 bits per heavy atom. The number of rotatable bonds is 5. The molecular formula is C19H20F3N3OS. The maximum atomic E-state index is 12.5. The van der Waals surface area contributed by atoms with Crippen LogP contribution < -0.4 is 16.0 Å². The summed E-state index contributed by atoms with van der Waals surface area (Å²) in [6, 6.07) is 11.9. The minimum Gasteiger partial charge on any atom is -0.347 e. The van der Waals surface area contributed by atoms with Gasteiger partial charge < -0.3 is 16.0 Å². The van der Waals surface area contributed by atoms with E-state index in [1.807, 2.05) is 30.0 Å². The Labute approximate surface area is 159 Å². The average molecular weight is 395 g/mol. The van der Waals surface area contributed by atoms with Crippen molar-refractivity contribution in [2.45, 2.75) is 36.0 Å². The van der Waals surface area contributed by atoms with Crippen LogP contribution in [0.1, 0.15) is 35.3 Å². The Bertz CT molecular complexity index is 811. The zero-order chi connectivity index (χ0) is 19.6. The maximum absolute atomic E-state index is 12.5. The molecule has 2 aromatic rings. The lowest BCUT2D eigenvalue weighted by Gasteiger charge is -2.40. The van der Waals surface area contributed by atoms with Gasteiger partial charge in [0.2, 0.25) is 6.41 Å². The van der Waals surface area contributed by atoms with E-state index in [-0.39, 0.29) is 22.7 Å². The Hall–Kier alpha value is -2.19. The third-order valence-corrected chi connectivity index (χ3v) is 5.34. The highest BCUT2D eigenvalue weighted by molar-refractivity contribution is 8.00. The zero-order valence-corrected chi connectivity index (χ0v) is 15.5. The standard InChI is InChI=1S/C19H20F3N3OS/c1-12-3-2-4-15-16(23)9-10-25(17(12)15)18(24-11-26)13-5-7-14(8-6-13)27-19(20,21)22/h2-8,11,16,18H,9-10,23H2,1H3,(H,24,26)/t16-,18-/m0/s1. The summed E-state index contributed by atoms with van der Waals surface area (Å²) in [4.78, 5) is 13.4. The third kappa shape index (κ3) is 4.39. The third-order valence-electron chi connectivity index (χ3n) is 4.60. The lowest BCUT2D eigenvalue weighted by atomic mass is 9.93. The van der Waals surface area contributed by atoms with Gasteiger partial charge in [0.15, 0.2) is 0 Å². The number of nitrogens with two attached hydrogens (primary N) is 1. The highest BCUT2D eigenvalue weighted by Crippen LogP contribution is 2.40. The van der Waals surface area contributed by atoms with Gasteiger partial charge in [-0.25, -0.2) is 0 Å². The Morgan fingerprint density at radius 1 is 1.26 bits per heavy atom. The summed E-state index contributed by atoms with van der Waals surface area (Å²) < 4.78 is 37.6. The van der Waals surface area contributed by atoms with E-state index in [4.69, 9.17) is 5.73 Å². The van der Waals surface area contributed by atoms with Crippen molar-refractivity contribution in [3.8, 4) is 0 Å². The number of carbonyl (C=O) groups is 1. The van der Waals surface area contributed by atoms with Crippen molar-refractivity contribution >= 4 is 23.9 Å². The number of halogens is 3. The lowest BCUT2D eigenvalue weighted by molar-refractivity contribution is -0.110. The van der Waals surface area contributed by atoms with Crippen LogP contribution in [0.5, 0.6) is 0 Å². The summed E-state index contributed by atoms with van der Waals surface area (Å²) in [5.41, 5.74) is 5.61. The second-order valence-electron chi connectivity index (χ2n) is 6.41. The van der Waals surface area contributed by atoms with Crippen LogP contribution in [-0.4, -0.2) is 18.5 Å². The Balaban J connectivity index is 1.95. The van der Waals surface area contributed by atoms with Crippen LogP contribution in [0, 0.1) is 6.92 Å². The van der Waals surface area contributed by atoms with Crippen molar-refractivity contribution in [2.75, 3.05) is 11.4 Å². The number of nitrogens with one attached hydrogen (secondary N) is 1. The molecule has 3 rings (SSSR count). The van der Waals surface area contributed by atoms with Gasteiger partial charge in [0.1, 0.15) is 6.17 Å². The van der Waals surface area contributed by atoms with Gasteiger partial charge in [-0.1, -0.05) is 30.3 Å². The molecule has 0 saturated carbocycles. The van der Waals surface area contributed by atoms with Gasteiger partial charge in [0.05, 0.1) is 0 Å². The van der Waals surface area contributed by atoms with Crippen molar-refractivity contribution in [1.82, 2.24) is 5.32 Å². The molecule has 8 heteroatoms. The topological polar surface area (TPSA) is 58.4 Å². The predicted octanol–water partition coefficient (Wildman–Crippen LogP) is 4.26. The minimum atomic E-state index is -4.33. The number of fused-ring (bicyclic) bond motifs is 1. The molecule has 0 radical (unpaired) electrons. The smallest absolute Gasteiger partial charge is 0.347 e. The first-order valence-electron chi connectivity index (χ1n) is 8.47. The molecule has 0 aliphatic carbocycles. The molecule has 1 heterocycles. The van der Waals surface area contributed by atoms with E-state index in [2.05, 4.69) is 5.32 Å². The minimum absolute atomic E-state index is 0.0846. The molecule has 0 saturated heterocycles. The quantitative estimate of drug-likeness (QED) is 0.587. The summed E-state index contributed by atoms with van der Waals surface area (Å²) in [5.74, 6) is 0. The van der Waals surface area contributed by atoms with Gasteiger partial charge in [-0.3, -0.25) is 4.79 Å². The Kier molecular flexibility index (Phi) is 5.67. The van der Waals surface area contributed by atoms with E-state index in [1.54, 1.807) is 12.1 Å². The number of thioether (sulfide) groups is 1. The van der Waals surface area contributed by atoms with Gasteiger partial charge in [-0.2, -0.15) is 13.2 Å². The number of amides is 1. The molecule has 3 N–H and O–H groups in total. The largest absolute Gasteiger partial charge is 0.446 e. The molecule has 0 aromatic heterocycles. The van der Waals surface area contributed by atoms with E-state index in [1.165, 1.54) is 12.1 Å². The van der Waals surface area contributed by atoms with Crippen molar-refractivity contribution in [3.63, 3.8) is 0 Å². The molecule has 0 spiro atoms. The molecule has 0 fully saturated rings. The zero-order valence-electron chi connectivity index (χ0n) is 14.7. The first-order valence-corrected chi connectivity index (χ1v) is 9.29. The first-order chi connectivity index (χ1) is 12.8. The number of nitrogens with zero attached hydrogens (tertiary/aromatic N) is 1. The summed E-state index contributed by atoms with van der Waals surface area (Å²) in [7, 11) is 0. The summed E-state index contributed by atoms with van der Waals surface area (Å²) >= 11 is -0.159. The fraction of sp³-hybridized carbons (Fsp3) is 0.316. The summed E-state index contributed by atoms with van der Waals surface area (Å²) in [5, 5.41) is 2.79. The SMILES string of the molecule is Cc1cccc2c1N([C@H](NC=O)c1ccc(SC(F)(F)F)cc1)CC[C@@H]2N. The molecule has 2 aromatic carbocycles. The van der Waals surface area contributed by atoms with E-state index >= 15 is 0 Å². The van der Waals surface area contributed by atoms with E-state index in [0.717, 1.165) is 23.2 Å². The van der Waals surface area contributed by atoms with Gasteiger partial charge in [-0.15, -0.1) is 0 Å². The highest BCUT2D eigenvalue weighted by Gasteiger charge is 2.31. The molecule has 1 amide bonds. The molecule has 144 valence electrons. The molecule has 0 unspecified atom stereocenters. The van der Waals surface area contributed by atoms with Crippen LogP contribution in [0.2, 0.25) is 0 Å². The predicted molar refractivity (Wildman–Crippen MR) is 100 cm³/mol. The van der Waals surface area contributed by atoms with Gasteiger partial charge in [-0.05, 0) is 53.9 Å². The van der Waals surface area contributed by atoms with Crippen molar-refractivity contribution in [1.29, 1.82) is 0 Å². The van der Waals surface area contributed by atoms with Crippen LogP contribution >= 0.6 is 11.8 Å². The van der Waals surface area contributed by atoms with Crippen LogP contribution in [0.25, 0.3) is 0 Å². The molecule has 1 aliphatic heterocycles. The molecule has 0 bridgehead atoms. The maximum Gasteiger partial charge on any atom is 0.446 e. The lowest BCUT2D eigenvalue weighted by Crippen LogP contribution is -2.43. The van der Waals surface area contributed by atoms with Crippen LogP contribution in [0.15, 0.2) is 47.4 Å². The number of benzene rings is 2. The average Bonchev–Trinajstić information content (AvgIpc) is 2.61. The number of carbonyl (C=O) groups excluding carboxylic acids is 1. The number of hydrogen-bond donors (Lipinski definition) is 2. The monoisotopic (exact) mass is 395 g/mol. The second-order valence-corrected chi connectivity index (χ2v) is 7.54. The molecule has 4 nitrogen and oxygen atoms in total. The molecule has 27 heavy (non-hydrogen) atoms. The first kappa shape index (κ1) is 19.6. The fourth-order valence-corrected chi connectivity index (χ4v) is 4.00. The second kappa shape index (κ2) is 7.82. The normalized spacial score (nSPS) is 18.0. The van der Waals surface area contributed by atoms with Gasteiger partial charge >= 0.3 is 5.51 Å². The molecule has 2 atom stereocenters. The molecule has 1 aliphatic rings. The van der Waals surface area contributed by atoms with Crippen LogP contribution in [0.3, 0.4) is 0 Å². The fourth-order valence-electron chi connectivity index (χ4n) is 3.46. The van der Waals surface area contributed by atoms with E-state index < -0.39 is 11.7 Å². The van der Waals surface area contributed by atoms with Crippen molar-refractivity contribution in [2.24, 2.45) is 5.73 Å². The van der Waals surface area contributed by atoms with E-state index in [0.29, 0.717) is 18.5 Å². The van der Waals surface area contributed by atoms with Crippen molar-refractivity contribution in [3.05, 3.63) is 59.2 Å². The highest BCUT2D eigenvalue weighted by atomic mass is 32.2. The summed E-state index contributed by atoms with van der Waals surface area (Å²) in [6.45, 7) is 2.61. The Morgan fingerprint density at radius 2 is 1.96 bits per heavy atom. The van der Waals surface area contributed by atoms with Crippen molar-refractivity contribution < 1.29 is 18.0 Å². The van der Waals surface area contributed by atoms with Crippen LogP contribution in [0.4, 0.5) is 18.9 Å². The van der Waals surface area contributed by atoms with Gasteiger partial charge in [0, 0.05) is 23.2 Å². The molecular weight excluding hydrogens is 375 g/mol. The summed E-state index contributed by atoms with van der Waals surface area (Å²) in [6.07, 6.45) is 0.838. The number of aryl methyl sites for hydroxylation is 1.